The lowest BCUT2D eigenvalue weighted by molar-refractivity contribution is -0.305. The Kier molecular flexibility index (Phi) is 45.4. The van der Waals surface area contributed by atoms with E-state index < -0.39 is 67.4 Å². The summed E-state index contributed by atoms with van der Waals surface area (Å²) < 4.78 is 17.5. The highest BCUT2D eigenvalue weighted by molar-refractivity contribution is 5.80. The van der Waals surface area contributed by atoms with Crippen LogP contribution in [0.2, 0.25) is 0 Å². The molecule has 1 heterocycles. The van der Waals surface area contributed by atoms with Crippen molar-refractivity contribution in [3.8, 4) is 0 Å². The molecular formula is C62H103NO10. The summed E-state index contributed by atoms with van der Waals surface area (Å²) in [4.78, 5) is 26.4. The molecule has 73 heavy (non-hydrogen) atoms. The molecule has 0 aromatic rings. The van der Waals surface area contributed by atoms with Gasteiger partial charge in [-0.25, -0.2) is 0 Å². The molecule has 1 amide bonds. The zero-order chi connectivity index (χ0) is 53.3. The number of unbranched alkanes of at least 4 members (excludes halogenated alkanes) is 16. The summed E-state index contributed by atoms with van der Waals surface area (Å²) in [5.74, 6) is -1.29. The molecule has 1 fully saturated rings. The van der Waals surface area contributed by atoms with Crippen LogP contribution in [0, 0.1) is 0 Å². The van der Waals surface area contributed by atoms with Crippen LogP contribution in [0.5, 0.6) is 0 Å². The normalized spacial score (nSPS) is 20.2. The maximum absolute atomic E-state index is 13.3. The van der Waals surface area contributed by atoms with Crippen LogP contribution in [0.25, 0.3) is 0 Å². The van der Waals surface area contributed by atoms with Crippen molar-refractivity contribution in [2.75, 3.05) is 13.2 Å². The Morgan fingerprint density at radius 2 is 0.986 bits per heavy atom. The number of esters is 1. The largest absolute Gasteiger partial charge is 0.454 e. The summed E-state index contributed by atoms with van der Waals surface area (Å²) in [7, 11) is 0. The van der Waals surface area contributed by atoms with Crippen molar-refractivity contribution >= 4 is 11.9 Å². The first-order valence-electron chi connectivity index (χ1n) is 28.7. The fourth-order valence-electron chi connectivity index (χ4n) is 8.10. The molecule has 0 bridgehead atoms. The molecule has 8 atom stereocenters. The third-order valence-corrected chi connectivity index (χ3v) is 12.7. The second-order valence-electron chi connectivity index (χ2n) is 19.3. The molecule has 0 aliphatic carbocycles. The summed E-state index contributed by atoms with van der Waals surface area (Å²) in [6.45, 7) is 5.56. The number of rotatable bonds is 46. The molecule has 1 aliphatic rings. The standard InChI is InChI=1S/C62H103NO10/c1-4-7-10-13-16-19-22-24-26-28-30-32-35-38-41-44-47-50-57(67)73-60-59(69)58(68)56(51-64)72-62(60)71-52-53(54(65)48-45-42-39-36-33-21-18-15-12-9-6-3)63-61(70)55(66)49-46-43-40-37-34-31-29-27-25-23-20-17-14-11-8-5-2/h8,11,16-17,19-20,24-27,30-32,34,40,43,45,48,53-56,58-60,62,64-66,68-69H,4-7,9-10,12-15,18,21-23,28-29,33,35-39,41-42,44,46-47,49-52H2,1-3H3,(H,63,70)/b11-8-,19-16-,20-17-,26-24-,27-25-,32-30-,34-31-,43-40-,48-45+. The zero-order valence-corrected chi connectivity index (χ0v) is 45.7. The van der Waals surface area contributed by atoms with Gasteiger partial charge in [0.15, 0.2) is 12.4 Å². The molecule has 416 valence electrons. The number of aliphatic hydroxyl groups is 5. The van der Waals surface area contributed by atoms with E-state index in [2.05, 4.69) is 111 Å². The molecular weight excluding hydrogens is 919 g/mol. The van der Waals surface area contributed by atoms with Crippen molar-refractivity contribution in [2.24, 2.45) is 0 Å². The molecule has 6 N–H and O–H groups in total. The van der Waals surface area contributed by atoms with Gasteiger partial charge in [0, 0.05) is 6.42 Å². The minimum Gasteiger partial charge on any atom is -0.454 e. The van der Waals surface area contributed by atoms with Crippen molar-refractivity contribution < 1.29 is 49.3 Å². The third-order valence-electron chi connectivity index (χ3n) is 12.7. The maximum Gasteiger partial charge on any atom is 0.306 e. The molecule has 0 saturated carbocycles. The summed E-state index contributed by atoms with van der Waals surface area (Å²) in [6.07, 6.45) is 55.7. The van der Waals surface area contributed by atoms with Crippen LogP contribution < -0.4 is 5.32 Å². The highest BCUT2D eigenvalue weighted by atomic mass is 16.7. The Bertz CT molecular complexity index is 1600. The Balaban J connectivity index is 2.78. The molecule has 0 radical (unpaired) electrons. The van der Waals surface area contributed by atoms with Gasteiger partial charge in [0.1, 0.15) is 24.4 Å². The second kappa shape index (κ2) is 49.2. The van der Waals surface area contributed by atoms with E-state index in [1.165, 1.54) is 57.8 Å². The van der Waals surface area contributed by atoms with Crippen LogP contribution in [-0.4, -0.2) is 99.6 Å². The van der Waals surface area contributed by atoms with Crippen LogP contribution in [0.3, 0.4) is 0 Å². The van der Waals surface area contributed by atoms with E-state index in [9.17, 15) is 35.1 Å². The number of nitrogens with one attached hydrogen (secondary N) is 1. The van der Waals surface area contributed by atoms with Crippen molar-refractivity contribution in [1.29, 1.82) is 0 Å². The number of carbonyl (C=O) groups is 2. The molecule has 11 nitrogen and oxygen atoms in total. The Hall–Kier alpha value is -3.68. The van der Waals surface area contributed by atoms with Crippen molar-refractivity contribution in [3.05, 3.63) is 109 Å². The van der Waals surface area contributed by atoms with Crippen molar-refractivity contribution in [2.45, 2.75) is 256 Å². The van der Waals surface area contributed by atoms with Crippen LogP contribution in [0.1, 0.15) is 207 Å². The van der Waals surface area contributed by atoms with Crippen LogP contribution in [-0.2, 0) is 23.8 Å². The van der Waals surface area contributed by atoms with E-state index in [1.54, 1.807) is 6.08 Å². The predicted molar refractivity (Wildman–Crippen MR) is 301 cm³/mol. The average Bonchev–Trinajstić information content (AvgIpc) is 3.39. The van der Waals surface area contributed by atoms with Gasteiger partial charge < -0.3 is 45.1 Å². The Morgan fingerprint density at radius 3 is 1.51 bits per heavy atom. The minimum absolute atomic E-state index is 0.0851. The van der Waals surface area contributed by atoms with Crippen LogP contribution in [0.4, 0.5) is 0 Å². The second-order valence-corrected chi connectivity index (χ2v) is 19.3. The minimum atomic E-state index is -1.64. The number of allylic oxidation sites excluding steroid dienone is 17. The fourth-order valence-corrected chi connectivity index (χ4v) is 8.10. The van der Waals surface area contributed by atoms with Gasteiger partial charge in [-0.05, 0) is 103 Å². The molecule has 11 heteroatoms. The molecule has 1 rings (SSSR count). The van der Waals surface area contributed by atoms with Gasteiger partial charge in [0.05, 0.1) is 25.4 Å². The van der Waals surface area contributed by atoms with Crippen molar-refractivity contribution in [3.63, 3.8) is 0 Å². The fraction of sp³-hybridized carbons (Fsp3) is 0.677. The Morgan fingerprint density at radius 1 is 0.548 bits per heavy atom. The average molecular weight is 1020 g/mol. The lowest BCUT2D eigenvalue weighted by Gasteiger charge is -2.41. The third kappa shape index (κ3) is 37.7. The first kappa shape index (κ1) is 67.3. The summed E-state index contributed by atoms with van der Waals surface area (Å²) >= 11 is 0. The number of carbonyl (C=O) groups excluding carboxylic acids is 2. The van der Waals surface area contributed by atoms with E-state index in [4.69, 9.17) is 14.2 Å². The van der Waals surface area contributed by atoms with Gasteiger partial charge in [-0.3, -0.25) is 9.59 Å². The van der Waals surface area contributed by atoms with Crippen LogP contribution in [0.15, 0.2) is 109 Å². The quantitative estimate of drug-likeness (QED) is 0.0196. The number of ether oxygens (including phenoxy) is 3. The van der Waals surface area contributed by atoms with Gasteiger partial charge >= 0.3 is 5.97 Å². The molecule has 1 aliphatic heterocycles. The summed E-state index contributed by atoms with van der Waals surface area (Å²) in [6, 6.07) is -1.06. The molecule has 8 unspecified atom stereocenters. The van der Waals surface area contributed by atoms with E-state index in [1.807, 2.05) is 18.2 Å². The maximum atomic E-state index is 13.3. The topological polar surface area (TPSA) is 175 Å². The van der Waals surface area contributed by atoms with Gasteiger partial charge in [-0.15, -0.1) is 0 Å². The predicted octanol–water partition coefficient (Wildman–Crippen LogP) is 12.9. The lowest BCUT2D eigenvalue weighted by atomic mass is 9.99. The van der Waals surface area contributed by atoms with Crippen LogP contribution >= 0.6 is 0 Å². The van der Waals surface area contributed by atoms with E-state index >= 15 is 0 Å². The van der Waals surface area contributed by atoms with E-state index in [-0.39, 0.29) is 19.4 Å². The summed E-state index contributed by atoms with van der Waals surface area (Å²) in [5.41, 5.74) is 0. The number of aliphatic hydroxyl groups excluding tert-OH is 5. The SMILES string of the molecule is CC/C=C\C/C=C\C/C=C\C/C=C\C/C=C\CCC(O)C(=O)NC(COC1OC(CO)C(O)C(O)C1OC(=O)CCCCCC/C=C\C/C=C\C/C=C\CCCCC)C(O)/C=C/CCCCCCCCCCC. The molecule has 1 saturated heterocycles. The van der Waals surface area contributed by atoms with Gasteiger partial charge in [0.2, 0.25) is 5.91 Å². The van der Waals surface area contributed by atoms with Gasteiger partial charge in [-0.2, -0.15) is 0 Å². The highest BCUT2D eigenvalue weighted by Crippen LogP contribution is 2.26. The Labute approximate surface area is 443 Å². The molecule has 0 aromatic carbocycles. The molecule has 0 aromatic heterocycles. The van der Waals surface area contributed by atoms with E-state index in [0.717, 1.165) is 103 Å². The first-order chi connectivity index (χ1) is 35.7. The highest BCUT2D eigenvalue weighted by Gasteiger charge is 2.47. The van der Waals surface area contributed by atoms with Crippen molar-refractivity contribution in [1.82, 2.24) is 5.32 Å². The number of amides is 1. The van der Waals surface area contributed by atoms with Gasteiger partial charge in [-0.1, -0.05) is 207 Å². The molecule has 0 spiro atoms. The number of hydrogen-bond acceptors (Lipinski definition) is 10. The number of hydrogen-bond donors (Lipinski definition) is 6. The monoisotopic (exact) mass is 1020 g/mol. The zero-order valence-electron chi connectivity index (χ0n) is 45.7. The smallest absolute Gasteiger partial charge is 0.306 e. The van der Waals surface area contributed by atoms with Gasteiger partial charge in [0.25, 0.3) is 0 Å². The summed E-state index contributed by atoms with van der Waals surface area (Å²) in [5, 5.41) is 56.7. The lowest BCUT2D eigenvalue weighted by Crippen LogP contribution is -2.61. The first-order valence-corrected chi connectivity index (χ1v) is 28.7. The van der Waals surface area contributed by atoms with E-state index in [0.29, 0.717) is 12.8 Å².